The highest BCUT2D eigenvalue weighted by atomic mass is 19.4. The van der Waals surface area contributed by atoms with Gasteiger partial charge in [-0.2, -0.15) is 0 Å². The summed E-state index contributed by atoms with van der Waals surface area (Å²) >= 11 is 0. The minimum atomic E-state index is -4.75. The molecule has 158 valence electrons. The van der Waals surface area contributed by atoms with E-state index in [2.05, 4.69) is 21.3 Å². The number of alkyl halides is 3. The highest BCUT2D eigenvalue weighted by molar-refractivity contribution is 5.92. The van der Waals surface area contributed by atoms with Crippen LogP contribution < -0.4 is 20.1 Å². The van der Waals surface area contributed by atoms with Crippen molar-refractivity contribution >= 4 is 11.6 Å². The van der Waals surface area contributed by atoms with Crippen molar-refractivity contribution in [3.05, 3.63) is 54.1 Å². The Morgan fingerprint density at radius 3 is 2.40 bits per heavy atom. The van der Waals surface area contributed by atoms with Gasteiger partial charge in [0.15, 0.2) is 0 Å². The van der Waals surface area contributed by atoms with Gasteiger partial charge in [0, 0.05) is 18.8 Å². The molecular formula is C22H21F3N2O3. The molecule has 1 saturated heterocycles. The molecule has 8 heteroatoms. The Bertz CT molecular complexity index is 890. The van der Waals surface area contributed by atoms with E-state index >= 15 is 0 Å². The Kier molecular flexibility index (Phi) is 6.85. The third kappa shape index (κ3) is 6.16. The van der Waals surface area contributed by atoms with Gasteiger partial charge in [0.1, 0.15) is 18.1 Å². The monoisotopic (exact) mass is 418 g/mol. The molecule has 0 bridgehead atoms. The van der Waals surface area contributed by atoms with Gasteiger partial charge in [0.25, 0.3) is 0 Å². The summed E-state index contributed by atoms with van der Waals surface area (Å²) in [4.78, 5) is 12.6. The van der Waals surface area contributed by atoms with E-state index < -0.39 is 6.36 Å². The average molecular weight is 418 g/mol. The second-order valence-electron chi connectivity index (χ2n) is 6.91. The third-order valence-electron chi connectivity index (χ3n) is 4.75. The van der Waals surface area contributed by atoms with E-state index in [1.165, 1.54) is 12.1 Å². The molecule has 0 aromatic heterocycles. The maximum Gasteiger partial charge on any atom is 0.573 e. The average Bonchev–Trinajstić information content (AvgIpc) is 2.73. The van der Waals surface area contributed by atoms with Crippen LogP contribution in [0.2, 0.25) is 0 Å². The molecule has 2 aromatic carbocycles. The number of hydrogen-bond acceptors (Lipinski definition) is 4. The molecule has 0 spiro atoms. The van der Waals surface area contributed by atoms with Gasteiger partial charge in [-0.1, -0.05) is 18.1 Å². The van der Waals surface area contributed by atoms with Crippen molar-refractivity contribution in [3.8, 4) is 23.8 Å². The fourth-order valence-electron chi connectivity index (χ4n) is 3.34. The SMILES string of the molecule is C#CCOc1ccc(C2CNCC(C(=O)Nc3ccc(OC(F)(F)F)cc3)C2)cc1. The van der Waals surface area contributed by atoms with Crippen LogP contribution in [0.4, 0.5) is 18.9 Å². The number of terminal acetylenes is 1. The van der Waals surface area contributed by atoms with Crippen molar-refractivity contribution in [3.63, 3.8) is 0 Å². The van der Waals surface area contributed by atoms with E-state index in [4.69, 9.17) is 11.2 Å². The van der Waals surface area contributed by atoms with Gasteiger partial charge in [-0.25, -0.2) is 0 Å². The summed E-state index contributed by atoms with van der Waals surface area (Å²) in [5.41, 5.74) is 1.49. The van der Waals surface area contributed by atoms with E-state index in [9.17, 15) is 18.0 Å². The highest BCUT2D eigenvalue weighted by Gasteiger charge is 2.31. The molecule has 1 aliphatic heterocycles. The second-order valence-corrected chi connectivity index (χ2v) is 6.91. The molecular weight excluding hydrogens is 397 g/mol. The molecule has 1 amide bonds. The van der Waals surface area contributed by atoms with Crippen molar-refractivity contribution in [2.45, 2.75) is 18.7 Å². The van der Waals surface area contributed by atoms with Crippen LogP contribution in [0, 0.1) is 18.3 Å². The van der Waals surface area contributed by atoms with Crippen LogP contribution in [0.3, 0.4) is 0 Å². The van der Waals surface area contributed by atoms with Gasteiger partial charge in [-0.15, -0.1) is 19.6 Å². The van der Waals surface area contributed by atoms with Crippen LogP contribution in [0.1, 0.15) is 17.9 Å². The van der Waals surface area contributed by atoms with E-state index in [1.807, 2.05) is 24.3 Å². The number of halogens is 3. The largest absolute Gasteiger partial charge is 0.573 e. The number of anilines is 1. The normalized spacial score (nSPS) is 18.9. The van der Waals surface area contributed by atoms with Gasteiger partial charge in [-0.05, 0) is 54.3 Å². The second kappa shape index (κ2) is 9.55. The van der Waals surface area contributed by atoms with Crippen molar-refractivity contribution in [2.24, 2.45) is 5.92 Å². The number of benzene rings is 2. The number of carbonyl (C=O) groups excluding carboxylic acids is 1. The first kappa shape index (κ1) is 21.5. The van der Waals surface area contributed by atoms with E-state index in [0.29, 0.717) is 24.4 Å². The molecule has 5 nitrogen and oxygen atoms in total. The lowest BCUT2D eigenvalue weighted by Gasteiger charge is -2.29. The Labute approximate surface area is 172 Å². The fraction of sp³-hybridized carbons (Fsp3) is 0.318. The summed E-state index contributed by atoms with van der Waals surface area (Å²) in [6.07, 6.45) is 1.08. The molecule has 3 rings (SSSR count). The number of piperidine rings is 1. The van der Waals surface area contributed by atoms with Gasteiger partial charge in [-0.3, -0.25) is 4.79 Å². The first-order valence-electron chi connectivity index (χ1n) is 9.37. The van der Waals surface area contributed by atoms with Crippen molar-refractivity contribution in [1.82, 2.24) is 5.32 Å². The molecule has 2 N–H and O–H groups in total. The zero-order chi connectivity index (χ0) is 21.6. The van der Waals surface area contributed by atoms with Gasteiger partial charge >= 0.3 is 6.36 Å². The molecule has 2 aromatic rings. The summed E-state index contributed by atoms with van der Waals surface area (Å²) in [5.74, 6) is 2.45. The zero-order valence-electron chi connectivity index (χ0n) is 16.0. The number of nitrogens with one attached hydrogen (secondary N) is 2. The lowest BCUT2D eigenvalue weighted by Crippen LogP contribution is -2.40. The van der Waals surface area contributed by atoms with Crippen molar-refractivity contribution in [1.29, 1.82) is 0 Å². The van der Waals surface area contributed by atoms with Crippen LogP contribution in [-0.4, -0.2) is 32.0 Å². The summed E-state index contributed by atoms with van der Waals surface area (Å²) in [6, 6.07) is 12.7. The van der Waals surface area contributed by atoms with E-state index in [-0.39, 0.29) is 30.1 Å². The number of hydrogen-bond donors (Lipinski definition) is 2. The van der Waals surface area contributed by atoms with Gasteiger partial charge < -0.3 is 20.1 Å². The molecule has 0 aliphatic carbocycles. The Morgan fingerprint density at radius 1 is 1.10 bits per heavy atom. The smallest absolute Gasteiger partial charge is 0.481 e. The number of carbonyl (C=O) groups is 1. The molecule has 2 unspecified atom stereocenters. The fourth-order valence-corrected chi connectivity index (χ4v) is 3.34. The maximum absolute atomic E-state index is 12.6. The van der Waals surface area contributed by atoms with Crippen LogP contribution in [-0.2, 0) is 4.79 Å². The molecule has 0 radical (unpaired) electrons. The van der Waals surface area contributed by atoms with Gasteiger partial charge in [0.05, 0.1) is 5.92 Å². The van der Waals surface area contributed by atoms with Crippen LogP contribution in [0.15, 0.2) is 48.5 Å². The van der Waals surface area contributed by atoms with Crippen LogP contribution in [0.5, 0.6) is 11.5 Å². The Hall–Kier alpha value is -3.18. The van der Waals surface area contributed by atoms with Crippen molar-refractivity contribution < 1.29 is 27.4 Å². The summed E-state index contributed by atoms with van der Waals surface area (Å²) in [7, 11) is 0. The predicted octanol–water partition coefficient (Wildman–Crippen LogP) is 3.93. The topological polar surface area (TPSA) is 59.6 Å². The first-order chi connectivity index (χ1) is 14.3. The van der Waals surface area contributed by atoms with Crippen LogP contribution in [0.25, 0.3) is 0 Å². The molecule has 0 saturated carbocycles. The van der Waals surface area contributed by atoms with Crippen molar-refractivity contribution in [2.75, 3.05) is 25.0 Å². The number of amides is 1. The molecule has 1 aliphatic rings. The molecule has 2 atom stereocenters. The predicted molar refractivity (Wildman–Crippen MR) is 106 cm³/mol. The summed E-state index contributed by atoms with van der Waals surface area (Å²) in [5, 5.41) is 6.02. The third-order valence-corrected chi connectivity index (χ3v) is 4.75. The van der Waals surface area contributed by atoms with E-state index in [0.717, 1.165) is 24.2 Å². The Balaban J connectivity index is 1.57. The van der Waals surface area contributed by atoms with Crippen LogP contribution >= 0.6 is 0 Å². The lowest BCUT2D eigenvalue weighted by molar-refractivity contribution is -0.274. The quantitative estimate of drug-likeness (QED) is 0.698. The lowest BCUT2D eigenvalue weighted by atomic mass is 9.85. The molecule has 1 heterocycles. The Morgan fingerprint density at radius 2 is 1.77 bits per heavy atom. The molecule has 30 heavy (non-hydrogen) atoms. The zero-order valence-corrected chi connectivity index (χ0v) is 16.0. The summed E-state index contributed by atoms with van der Waals surface area (Å²) in [6.45, 7) is 1.48. The number of ether oxygens (including phenoxy) is 2. The number of rotatable bonds is 6. The van der Waals surface area contributed by atoms with Gasteiger partial charge in [0.2, 0.25) is 5.91 Å². The minimum absolute atomic E-state index is 0.152. The highest BCUT2D eigenvalue weighted by Crippen LogP contribution is 2.29. The summed E-state index contributed by atoms with van der Waals surface area (Å²) < 4.78 is 45.9. The molecule has 1 fully saturated rings. The minimum Gasteiger partial charge on any atom is -0.481 e. The van der Waals surface area contributed by atoms with E-state index in [1.54, 1.807) is 0 Å². The standard InChI is InChI=1S/C22H21F3N2O3/c1-2-11-29-19-7-3-15(4-8-19)16-12-17(14-26-13-16)21(28)27-18-5-9-20(10-6-18)30-22(23,24)25/h1,3-10,16-17,26H,11-14H2,(H,27,28). The maximum atomic E-state index is 12.6. The first-order valence-corrected chi connectivity index (χ1v) is 9.37.